The van der Waals surface area contributed by atoms with Crippen LogP contribution in [0.4, 0.5) is 13.2 Å². The van der Waals surface area contributed by atoms with Crippen LogP contribution >= 0.6 is 0 Å². The highest BCUT2D eigenvalue weighted by atomic mass is 19.4. The van der Waals surface area contributed by atoms with Gasteiger partial charge in [0.15, 0.2) is 0 Å². The number of alkyl halides is 3. The molecule has 9 heteroatoms. The van der Waals surface area contributed by atoms with Crippen LogP contribution in [0.15, 0.2) is 12.3 Å². The molecule has 0 aliphatic rings. The van der Waals surface area contributed by atoms with Crippen molar-refractivity contribution in [3.63, 3.8) is 0 Å². The van der Waals surface area contributed by atoms with Crippen molar-refractivity contribution >= 4 is 5.97 Å². The number of hydrogen-bond donors (Lipinski definition) is 2. The Bertz CT molecular complexity index is 506. The Morgan fingerprint density at radius 3 is 2.48 bits per heavy atom. The Balaban J connectivity index is 3.11. The van der Waals surface area contributed by atoms with Gasteiger partial charge in [-0.05, 0) is 6.07 Å². The molecule has 0 spiro atoms. The molecule has 6 nitrogen and oxygen atoms in total. The van der Waals surface area contributed by atoms with Crippen molar-refractivity contribution in [3.8, 4) is 5.88 Å². The third-order valence-corrected chi connectivity index (χ3v) is 2.69. The normalized spacial score (nSPS) is 14.4. The fraction of sp³-hybridized carbons (Fsp3) is 0.500. The number of rotatable bonds is 5. The first-order valence-corrected chi connectivity index (χ1v) is 5.74. The lowest BCUT2D eigenvalue weighted by Gasteiger charge is -2.20. The smallest absolute Gasteiger partial charge is 0.417 e. The number of nitrogens with zero attached hydrogens (tertiary/aromatic N) is 1. The van der Waals surface area contributed by atoms with E-state index in [1.807, 2.05) is 0 Å². The zero-order valence-electron chi connectivity index (χ0n) is 11.2. The molecule has 2 atom stereocenters. The standard InChI is InChI=1S/C12H14F3NO5/c1-20-9(18)4-8(17)10(19)7-3-6(12(13,14)15)5-16-11(7)21-2/h3,5,8,10,17,19H,4H2,1-2H3. The van der Waals surface area contributed by atoms with Gasteiger partial charge in [0, 0.05) is 11.8 Å². The second kappa shape index (κ2) is 6.72. The summed E-state index contributed by atoms with van der Waals surface area (Å²) in [4.78, 5) is 14.5. The zero-order chi connectivity index (χ0) is 16.2. The van der Waals surface area contributed by atoms with Crippen LogP contribution in [0.25, 0.3) is 0 Å². The van der Waals surface area contributed by atoms with Crippen LogP contribution in [0.3, 0.4) is 0 Å². The van der Waals surface area contributed by atoms with Crippen LogP contribution in [0.2, 0.25) is 0 Å². The third kappa shape index (κ3) is 4.30. The van der Waals surface area contributed by atoms with Gasteiger partial charge in [0.1, 0.15) is 6.10 Å². The van der Waals surface area contributed by atoms with Crippen molar-refractivity contribution in [1.29, 1.82) is 0 Å². The molecule has 0 amide bonds. The summed E-state index contributed by atoms with van der Waals surface area (Å²) < 4.78 is 47.0. The number of carbonyl (C=O) groups excluding carboxylic acids is 1. The van der Waals surface area contributed by atoms with E-state index in [4.69, 9.17) is 4.74 Å². The van der Waals surface area contributed by atoms with E-state index in [0.29, 0.717) is 12.3 Å². The van der Waals surface area contributed by atoms with Crippen LogP contribution in [0.1, 0.15) is 23.7 Å². The average Bonchev–Trinajstić information content (AvgIpc) is 2.44. The van der Waals surface area contributed by atoms with Crippen LogP contribution < -0.4 is 4.74 Å². The van der Waals surface area contributed by atoms with Gasteiger partial charge in [0.05, 0.1) is 32.3 Å². The highest BCUT2D eigenvalue weighted by molar-refractivity contribution is 5.69. The lowest BCUT2D eigenvalue weighted by molar-refractivity contribution is -0.145. The largest absolute Gasteiger partial charge is 0.481 e. The molecule has 2 N–H and O–H groups in total. The van der Waals surface area contributed by atoms with E-state index in [2.05, 4.69) is 9.72 Å². The Hall–Kier alpha value is -1.87. The minimum absolute atomic E-state index is 0.278. The summed E-state index contributed by atoms with van der Waals surface area (Å²) in [6.07, 6.45) is -8.15. The van der Waals surface area contributed by atoms with Gasteiger partial charge in [0.2, 0.25) is 5.88 Å². The molecule has 2 unspecified atom stereocenters. The monoisotopic (exact) mass is 309 g/mol. The first-order valence-electron chi connectivity index (χ1n) is 5.74. The van der Waals surface area contributed by atoms with Crippen LogP contribution in [-0.4, -0.2) is 41.5 Å². The second-order valence-corrected chi connectivity index (χ2v) is 4.11. The first-order chi connectivity index (χ1) is 9.70. The molecule has 1 rings (SSSR count). The highest BCUT2D eigenvalue weighted by Crippen LogP contribution is 2.34. The maximum atomic E-state index is 12.6. The van der Waals surface area contributed by atoms with Gasteiger partial charge < -0.3 is 19.7 Å². The number of methoxy groups -OCH3 is 2. The predicted molar refractivity (Wildman–Crippen MR) is 63.4 cm³/mol. The van der Waals surface area contributed by atoms with Gasteiger partial charge in [-0.1, -0.05) is 0 Å². The van der Waals surface area contributed by atoms with E-state index in [9.17, 15) is 28.2 Å². The fourth-order valence-electron chi connectivity index (χ4n) is 1.58. The number of ether oxygens (including phenoxy) is 2. The van der Waals surface area contributed by atoms with Gasteiger partial charge in [0.25, 0.3) is 0 Å². The molecule has 118 valence electrons. The first kappa shape index (κ1) is 17.2. The molecule has 0 saturated heterocycles. The summed E-state index contributed by atoms with van der Waals surface area (Å²) in [5.41, 5.74) is -1.48. The number of aromatic nitrogens is 1. The molecule has 0 aliphatic carbocycles. The van der Waals surface area contributed by atoms with E-state index >= 15 is 0 Å². The number of pyridine rings is 1. The summed E-state index contributed by atoms with van der Waals surface area (Å²) in [6, 6.07) is 0.608. The lowest BCUT2D eigenvalue weighted by Crippen LogP contribution is -2.23. The van der Waals surface area contributed by atoms with E-state index in [-0.39, 0.29) is 11.4 Å². The maximum Gasteiger partial charge on any atom is 0.417 e. The molecule has 0 saturated carbocycles. The molecule has 21 heavy (non-hydrogen) atoms. The van der Waals surface area contributed by atoms with Crippen molar-refractivity contribution in [1.82, 2.24) is 4.98 Å². The second-order valence-electron chi connectivity index (χ2n) is 4.11. The molecule has 1 aromatic rings. The summed E-state index contributed by atoms with van der Waals surface area (Å²) in [7, 11) is 2.23. The third-order valence-electron chi connectivity index (χ3n) is 2.69. The Morgan fingerprint density at radius 2 is 2.00 bits per heavy atom. The number of aliphatic hydroxyl groups is 2. The van der Waals surface area contributed by atoms with E-state index in [1.54, 1.807) is 0 Å². The quantitative estimate of drug-likeness (QED) is 0.791. The minimum atomic E-state index is -4.67. The molecule has 0 bridgehead atoms. The van der Waals surface area contributed by atoms with Crippen LogP contribution in [-0.2, 0) is 15.7 Å². The highest BCUT2D eigenvalue weighted by Gasteiger charge is 2.34. The summed E-state index contributed by atoms with van der Waals surface area (Å²) in [5, 5.41) is 19.6. The van der Waals surface area contributed by atoms with Crippen molar-refractivity contribution < 1.29 is 37.7 Å². The number of hydrogen-bond acceptors (Lipinski definition) is 6. The van der Waals surface area contributed by atoms with Gasteiger partial charge >= 0.3 is 12.1 Å². The Kier molecular flexibility index (Phi) is 5.50. The molecule has 0 aliphatic heterocycles. The molecule has 0 fully saturated rings. The van der Waals surface area contributed by atoms with Crippen LogP contribution in [0, 0.1) is 0 Å². The molecule has 1 aromatic heterocycles. The Morgan fingerprint density at radius 1 is 1.38 bits per heavy atom. The molecule has 0 radical (unpaired) electrons. The molecule has 1 heterocycles. The molecule has 0 aromatic carbocycles. The van der Waals surface area contributed by atoms with Gasteiger partial charge in [-0.2, -0.15) is 13.2 Å². The van der Waals surface area contributed by atoms with E-state index in [0.717, 1.165) is 14.2 Å². The average molecular weight is 309 g/mol. The van der Waals surface area contributed by atoms with Gasteiger partial charge in [-0.15, -0.1) is 0 Å². The zero-order valence-corrected chi connectivity index (χ0v) is 11.2. The van der Waals surface area contributed by atoms with Gasteiger partial charge in [-0.25, -0.2) is 4.98 Å². The van der Waals surface area contributed by atoms with E-state index < -0.39 is 36.3 Å². The minimum Gasteiger partial charge on any atom is -0.481 e. The maximum absolute atomic E-state index is 12.6. The molecular weight excluding hydrogens is 295 g/mol. The van der Waals surface area contributed by atoms with Crippen molar-refractivity contribution in [3.05, 3.63) is 23.4 Å². The summed E-state index contributed by atoms with van der Waals surface area (Å²) in [5.74, 6) is -1.10. The van der Waals surface area contributed by atoms with Crippen molar-refractivity contribution in [2.45, 2.75) is 24.8 Å². The van der Waals surface area contributed by atoms with Crippen molar-refractivity contribution in [2.24, 2.45) is 0 Å². The van der Waals surface area contributed by atoms with Gasteiger partial charge in [-0.3, -0.25) is 4.79 Å². The fourth-order valence-corrected chi connectivity index (χ4v) is 1.58. The number of esters is 1. The lowest BCUT2D eigenvalue weighted by atomic mass is 10.0. The Labute approximate surface area is 118 Å². The summed E-state index contributed by atoms with van der Waals surface area (Å²) >= 11 is 0. The summed E-state index contributed by atoms with van der Waals surface area (Å²) in [6.45, 7) is 0. The predicted octanol–water partition coefficient (Wildman–Crippen LogP) is 1.07. The topological polar surface area (TPSA) is 88.9 Å². The number of aliphatic hydroxyl groups excluding tert-OH is 2. The van der Waals surface area contributed by atoms with Crippen molar-refractivity contribution in [2.75, 3.05) is 14.2 Å². The number of carbonyl (C=O) groups is 1. The molecular formula is C12H14F3NO5. The van der Waals surface area contributed by atoms with Crippen LogP contribution in [0.5, 0.6) is 5.88 Å². The SMILES string of the molecule is COC(=O)CC(O)C(O)c1cc(C(F)(F)F)cnc1OC. The van der Waals surface area contributed by atoms with E-state index in [1.165, 1.54) is 0 Å². The number of halogens is 3.